The van der Waals surface area contributed by atoms with E-state index in [1.54, 1.807) is 24.1 Å². The van der Waals surface area contributed by atoms with Crippen LogP contribution in [0.3, 0.4) is 0 Å². The van der Waals surface area contributed by atoms with Crippen LogP contribution < -0.4 is 0 Å². The number of rotatable bonds is 9. The SMILES string of the molecule is CCCN1CCc2c(c(CN(CCOC)C(=O)c3ccccc3Cl)nn2-c2cccc(Cl)c2)C1. The molecule has 6 nitrogen and oxygen atoms in total. The molecule has 0 atom stereocenters. The van der Waals surface area contributed by atoms with E-state index in [1.165, 1.54) is 11.3 Å². The van der Waals surface area contributed by atoms with Crippen molar-refractivity contribution >= 4 is 29.1 Å². The number of amides is 1. The third kappa shape index (κ3) is 5.47. The number of carbonyl (C=O) groups is 1. The maximum Gasteiger partial charge on any atom is 0.255 e. The third-order valence-electron chi connectivity index (χ3n) is 6.11. The highest BCUT2D eigenvalue weighted by Gasteiger charge is 2.28. The van der Waals surface area contributed by atoms with Crippen molar-refractivity contribution in [3.63, 3.8) is 0 Å². The Bertz CT molecular complexity index is 1150. The molecule has 0 saturated heterocycles. The molecule has 0 spiro atoms. The van der Waals surface area contributed by atoms with Crippen LogP contribution in [0.5, 0.6) is 0 Å². The maximum absolute atomic E-state index is 13.5. The molecule has 4 rings (SSSR count). The number of fused-ring (bicyclic) bond motifs is 1. The summed E-state index contributed by atoms with van der Waals surface area (Å²) in [4.78, 5) is 17.7. The molecule has 0 fully saturated rings. The molecule has 0 N–H and O–H groups in total. The molecule has 0 saturated carbocycles. The van der Waals surface area contributed by atoms with E-state index in [9.17, 15) is 4.79 Å². The van der Waals surface area contributed by atoms with Crippen LogP contribution in [-0.2, 0) is 24.2 Å². The molecule has 34 heavy (non-hydrogen) atoms. The van der Waals surface area contributed by atoms with E-state index in [0.29, 0.717) is 35.3 Å². The summed E-state index contributed by atoms with van der Waals surface area (Å²) in [5.74, 6) is -0.130. The van der Waals surface area contributed by atoms with Gasteiger partial charge < -0.3 is 9.64 Å². The van der Waals surface area contributed by atoms with Crippen LogP contribution >= 0.6 is 23.2 Å². The van der Waals surface area contributed by atoms with Gasteiger partial charge in [0.2, 0.25) is 0 Å². The van der Waals surface area contributed by atoms with Crippen molar-refractivity contribution in [2.24, 2.45) is 0 Å². The predicted octanol–water partition coefficient (Wildman–Crippen LogP) is 5.24. The van der Waals surface area contributed by atoms with Crippen LogP contribution in [0.4, 0.5) is 0 Å². The van der Waals surface area contributed by atoms with Gasteiger partial charge in [-0.3, -0.25) is 9.69 Å². The minimum absolute atomic E-state index is 0.130. The first kappa shape index (κ1) is 24.7. The molecule has 2 aromatic carbocycles. The third-order valence-corrected chi connectivity index (χ3v) is 6.67. The molecular formula is C26H30Cl2N4O2. The Hall–Kier alpha value is -2.38. The Kier molecular flexibility index (Phi) is 8.27. The summed E-state index contributed by atoms with van der Waals surface area (Å²) in [6.07, 6.45) is 1.99. The summed E-state index contributed by atoms with van der Waals surface area (Å²) in [6, 6.07) is 14.9. The number of hydrogen-bond donors (Lipinski definition) is 0. The first-order valence-electron chi connectivity index (χ1n) is 11.6. The fourth-order valence-corrected chi connectivity index (χ4v) is 4.84. The fraction of sp³-hybridized carbons (Fsp3) is 0.385. The van der Waals surface area contributed by atoms with Crippen LogP contribution in [0.1, 0.15) is 40.7 Å². The van der Waals surface area contributed by atoms with E-state index in [2.05, 4.69) is 11.8 Å². The first-order chi connectivity index (χ1) is 16.5. The number of nitrogens with zero attached hydrogens (tertiary/aromatic N) is 4. The van der Waals surface area contributed by atoms with Gasteiger partial charge in [0, 0.05) is 43.8 Å². The standard InChI is InChI=1S/C26H30Cl2N4O2/c1-3-12-30-13-11-25-22(17-30)24(29-32(25)20-8-6-7-19(27)16-20)18-31(14-15-34-2)26(33)21-9-4-5-10-23(21)28/h4-10,16H,3,11-15,17-18H2,1-2H3. The molecule has 2 heterocycles. The molecule has 1 aromatic heterocycles. The average molecular weight is 501 g/mol. The Morgan fingerprint density at radius 1 is 1.18 bits per heavy atom. The van der Waals surface area contributed by atoms with Crippen molar-refractivity contribution in [2.45, 2.75) is 32.9 Å². The predicted molar refractivity (Wildman–Crippen MR) is 136 cm³/mol. The van der Waals surface area contributed by atoms with Crippen molar-refractivity contribution < 1.29 is 9.53 Å². The van der Waals surface area contributed by atoms with Gasteiger partial charge >= 0.3 is 0 Å². The summed E-state index contributed by atoms with van der Waals surface area (Å²) in [6.45, 7) is 6.28. The molecule has 1 aliphatic rings. The molecule has 8 heteroatoms. The number of hydrogen-bond acceptors (Lipinski definition) is 4. The zero-order valence-corrected chi connectivity index (χ0v) is 21.1. The van der Waals surface area contributed by atoms with Gasteiger partial charge in [-0.15, -0.1) is 0 Å². The summed E-state index contributed by atoms with van der Waals surface area (Å²) in [5.41, 5.74) is 4.68. The van der Waals surface area contributed by atoms with Crippen LogP contribution in [-0.4, -0.2) is 58.8 Å². The van der Waals surface area contributed by atoms with Gasteiger partial charge in [-0.1, -0.05) is 48.3 Å². The maximum atomic E-state index is 13.5. The summed E-state index contributed by atoms with van der Waals surface area (Å²) < 4.78 is 7.29. The number of halogens is 2. The molecule has 0 bridgehead atoms. The fourth-order valence-electron chi connectivity index (χ4n) is 4.44. The average Bonchev–Trinajstić information content (AvgIpc) is 3.19. The van der Waals surface area contributed by atoms with Crippen LogP contribution in [0.25, 0.3) is 5.69 Å². The molecule has 1 amide bonds. The van der Waals surface area contributed by atoms with Gasteiger partial charge in [0.1, 0.15) is 0 Å². The van der Waals surface area contributed by atoms with Crippen molar-refractivity contribution in [1.82, 2.24) is 19.6 Å². The van der Waals surface area contributed by atoms with Gasteiger partial charge in [0.05, 0.1) is 40.8 Å². The Labute approximate surface area is 211 Å². The highest BCUT2D eigenvalue weighted by Crippen LogP contribution is 2.28. The zero-order chi connectivity index (χ0) is 24.1. The molecule has 3 aromatic rings. The Balaban J connectivity index is 1.72. The number of methoxy groups -OCH3 is 1. The second-order valence-electron chi connectivity index (χ2n) is 8.49. The Morgan fingerprint density at radius 3 is 2.74 bits per heavy atom. The van der Waals surface area contributed by atoms with Crippen LogP contribution in [0.2, 0.25) is 10.0 Å². The number of aromatic nitrogens is 2. The number of benzene rings is 2. The highest BCUT2D eigenvalue weighted by atomic mass is 35.5. The quantitative estimate of drug-likeness (QED) is 0.403. The van der Waals surface area contributed by atoms with E-state index < -0.39 is 0 Å². The lowest BCUT2D eigenvalue weighted by molar-refractivity contribution is 0.0677. The van der Waals surface area contributed by atoms with E-state index in [4.69, 9.17) is 33.0 Å². The molecule has 0 aliphatic carbocycles. The van der Waals surface area contributed by atoms with Gasteiger partial charge in [0.15, 0.2) is 0 Å². The lowest BCUT2D eigenvalue weighted by atomic mass is 10.0. The summed E-state index contributed by atoms with van der Waals surface area (Å²) >= 11 is 12.6. The van der Waals surface area contributed by atoms with E-state index >= 15 is 0 Å². The normalized spacial score (nSPS) is 13.6. The van der Waals surface area contributed by atoms with Crippen molar-refractivity contribution in [3.05, 3.63) is 81.1 Å². The first-order valence-corrected chi connectivity index (χ1v) is 12.4. The van der Waals surface area contributed by atoms with E-state index in [0.717, 1.165) is 43.9 Å². The minimum atomic E-state index is -0.130. The smallest absolute Gasteiger partial charge is 0.255 e. The highest BCUT2D eigenvalue weighted by molar-refractivity contribution is 6.33. The minimum Gasteiger partial charge on any atom is -0.383 e. The van der Waals surface area contributed by atoms with E-state index in [1.807, 2.05) is 41.1 Å². The molecule has 0 unspecified atom stereocenters. The molecule has 180 valence electrons. The summed E-state index contributed by atoms with van der Waals surface area (Å²) in [5, 5.41) is 6.12. The Morgan fingerprint density at radius 2 is 2.00 bits per heavy atom. The van der Waals surface area contributed by atoms with Crippen molar-refractivity contribution in [1.29, 1.82) is 0 Å². The van der Waals surface area contributed by atoms with E-state index in [-0.39, 0.29) is 5.91 Å². The monoisotopic (exact) mass is 500 g/mol. The largest absolute Gasteiger partial charge is 0.383 e. The molecule has 0 radical (unpaired) electrons. The topological polar surface area (TPSA) is 50.6 Å². The lowest BCUT2D eigenvalue weighted by Crippen LogP contribution is -2.35. The number of carbonyl (C=O) groups excluding carboxylic acids is 1. The second-order valence-corrected chi connectivity index (χ2v) is 9.33. The molecular weight excluding hydrogens is 471 g/mol. The van der Waals surface area contributed by atoms with Gasteiger partial charge in [0.25, 0.3) is 5.91 Å². The zero-order valence-electron chi connectivity index (χ0n) is 19.6. The van der Waals surface area contributed by atoms with Crippen LogP contribution in [0, 0.1) is 0 Å². The lowest BCUT2D eigenvalue weighted by Gasteiger charge is -2.28. The van der Waals surface area contributed by atoms with Crippen molar-refractivity contribution in [2.75, 3.05) is 33.4 Å². The van der Waals surface area contributed by atoms with Crippen molar-refractivity contribution in [3.8, 4) is 5.69 Å². The second kappa shape index (κ2) is 11.4. The number of ether oxygens (including phenoxy) is 1. The van der Waals surface area contributed by atoms with Crippen LogP contribution in [0.15, 0.2) is 48.5 Å². The summed E-state index contributed by atoms with van der Waals surface area (Å²) in [7, 11) is 1.64. The van der Waals surface area contributed by atoms with Gasteiger partial charge in [-0.05, 0) is 43.3 Å². The molecule has 1 aliphatic heterocycles. The van der Waals surface area contributed by atoms with Gasteiger partial charge in [-0.2, -0.15) is 5.10 Å². The van der Waals surface area contributed by atoms with Gasteiger partial charge in [-0.25, -0.2) is 4.68 Å².